The number of likely N-dealkylation sites (tertiary alicyclic amines) is 1. The van der Waals surface area contributed by atoms with Crippen LogP contribution in [0.2, 0.25) is 5.02 Å². The molecule has 1 aromatic rings. The molecule has 5 nitrogen and oxygen atoms in total. The first-order chi connectivity index (χ1) is 9.56. The molecule has 2 rings (SSSR count). The number of methoxy groups -OCH3 is 1. The fourth-order valence-electron chi connectivity index (χ4n) is 2.60. The summed E-state index contributed by atoms with van der Waals surface area (Å²) in [5, 5.41) is 13.3. The second-order valence-corrected chi connectivity index (χ2v) is 5.29. The molecule has 1 aliphatic heterocycles. The third kappa shape index (κ3) is 2.99. The van der Waals surface area contributed by atoms with Gasteiger partial charge in [-0.15, -0.1) is 0 Å². The Morgan fingerprint density at radius 1 is 1.60 bits per heavy atom. The summed E-state index contributed by atoms with van der Waals surface area (Å²) in [7, 11) is 3.12. The maximum atomic E-state index is 11.8. The van der Waals surface area contributed by atoms with Crippen LogP contribution in [-0.4, -0.2) is 42.7 Å². The van der Waals surface area contributed by atoms with Crippen LogP contribution >= 0.6 is 11.6 Å². The molecule has 0 aromatic heterocycles. The zero-order valence-corrected chi connectivity index (χ0v) is 12.4. The van der Waals surface area contributed by atoms with Crippen LogP contribution in [0.4, 0.5) is 0 Å². The van der Waals surface area contributed by atoms with Crippen LogP contribution in [0.5, 0.6) is 11.5 Å². The molecule has 1 unspecified atom stereocenters. The number of hydrogen-bond donors (Lipinski definition) is 2. The predicted molar refractivity (Wildman–Crippen MR) is 77.2 cm³/mol. The van der Waals surface area contributed by atoms with Crippen LogP contribution in [0.25, 0.3) is 0 Å². The number of halogens is 1. The number of rotatable bonds is 4. The summed E-state index contributed by atoms with van der Waals surface area (Å²) in [6.07, 6.45) is 1.80. The van der Waals surface area contributed by atoms with Gasteiger partial charge in [0.15, 0.2) is 11.5 Å². The predicted octanol–water partition coefficient (Wildman–Crippen LogP) is 1.76. The lowest BCUT2D eigenvalue weighted by Crippen LogP contribution is -2.41. The molecule has 1 fully saturated rings. The molecule has 0 aliphatic carbocycles. The van der Waals surface area contributed by atoms with E-state index in [1.165, 1.54) is 7.11 Å². The maximum absolute atomic E-state index is 11.8. The van der Waals surface area contributed by atoms with Gasteiger partial charge in [-0.1, -0.05) is 11.6 Å². The molecular weight excluding hydrogens is 280 g/mol. The van der Waals surface area contributed by atoms with Gasteiger partial charge in [-0.05, 0) is 25.5 Å². The highest BCUT2D eigenvalue weighted by molar-refractivity contribution is 6.30. The third-order valence-corrected chi connectivity index (χ3v) is 3.84. The molecule has 0 saturated carbocycles. The number of carbonyl (C=O) groups is 1. The average molecular weight is 299 g/mol. The second-order valence-electron chi connectivity index (χ2n) is 4.86. The van der Waals surface area contributed by atoms with E-state index in [9.17, 15) is 9.90 Å². The van der Waals surface area contributed by atoms with Gasteiger partial charge in [0, 0.05) is 30.2 Å². The standard InChI is InChI=1S/C14H19ClN2O3/c1-16-14(19)11-4-3-5-17(11)8-9-6-10(15)7-12(20-2)13(9)18/h6-7,11,18H,3-5,8H2,1-2H3,(H,16,19). The van der Waals surface area contributed by atoms with E-state index >= 15 is 0 Å². The van der Waals surface area contributed by atoms with E-state index in [2.05, 4.69) is 5.32 Å². The van der Waals surface area contributed by atoms with Gasteiger partial charge in [0.05, 0.1) is 13.2 Å². The number of carbonyl (C=O) groups excluding carboxylic acids is 1. The molecule has 1 amide bonds. The third-order valence-electron chi connectivity index (χ3n) is 3.62. The van der Waals surface area contributed by atoms with Gasteiger partial charge >= 0.3 is 0 Å². The highest BCUT2D eigenvalue weighted by Crippen LogP contribution is 2.35. The minimum absolute atomic E-state index is 0.0102. The fourth-order valence-corrected chi connectivity index (χ4v) is 2.83. The van der Waals surface area contributed by atoms with Crippen molar-refractivity contribution >= 4 is 17.5 Å². The number of nitrogens with zero attached hydrogens (tertiary/aromatic N) is 1. The lowest BCUT2D eigenvalue weighted by molar-refractivity contribution is -0.125. The van der Waals surface area contributed by atoms with Crippen molar-refractivity contribution in [2.24, 2.45) is 0 Å². The van der Waals surface area contributed by atoms with Gasteiger partial charge in [0.2, 0.25) is 5.91 Å². The van der Waals surface area contributed by atoms with E-state index in [0.717, 1.165) is 19.4 Å². The minimum atomic E-state index is -0.149. The number of amides is 1. The molecule has 110 valence electrons. The molecule has 1 aromatic carbocycles. The summed E-state index contributed by atoms with van der Waals surface area (Å²) in [4.78, 5) is 13.9. The Morgan fingerprint density at radius 3 is 3.00 bits per heavy atom. The Kier molecular flexibility index (Phi) is 4.73. The van der Waals surface area contributed by atoms with Gasteiger partial charge in [0.25, 0.3) is 0 Å². The van der Waals surface area contributed by atoms with Gasteiger partial charge in [-0.3, -0.25) is 9.69 Å². The molecule has 2 N–H and O–H groups in total. The largest absolute Gasteiger partial charge is 0.504 e. The average Bonchev–Trinajstić information content (AvgIpc) is 2.89. The van der Waals surface area contributed by atoms with E-state index in [-0.39, 0.29) is 17.7 Å². The Bertz CT molecular complexity index is 507. The van der Waals surface area contributed by atoms with Gasteiger partial charge in [0.1, 0.15) is 0 Å². The van der Waals surface area contributed by atoms with Crippen molar-refractivity contribution in [2.45, 2.75) is 25.4 Å². The highest BCUT2D eigenvalue weighted by Gasteiger charge is 2.30. The Hall–Kier alpha value is -1.46. The molecule has 1 heterocycles. The maximum Gasteiger partial charge on any atom is 0.237 e. The Labute approximate surface area is 123 Å². The van der Waals surface area contributed by atoms with Crippen molar-refractivity contribution in [3.05, 3.63) is 22.7 Å². The molecule has 0 spiro atoms. The topological polar surface area (TPSA) is 61.8 Å². The van der Waals surface area contributed by atoms with Crippen LogP contribution < -0.4 is 10.1 Å². The van der Waals surface area contributed by atoms with Crippen molar-refractivity contribution in [3.8, 4) is 11.5 Å². The van der Waals surface area contributed by atoms with Gasteiger partial charge in [-0.2, -0.15) is 0 Å². The summed E-state index contributed by atoms with van der Waals surface area (Å²) < 4.78 is 5.09. The zero-order valence-electron chi connectivity index (χ0n) is 11.6. The minimum Gasteiger partial charge on any atom is -0.504 e. The lowest BCUT2D eigenvalue weighted by Gasteiger charge is -2.23. The van der Waals surface area contributed by atoms with Crippen molar-refractivity contribution < 1.29 is 14.6 Å². The Morgan fingerprint density at radius 2 is 2.35 bits per heavy atom. The van der Waals surface area contributed by atoms with E-state index in [4.69, 9.17) is 16.3 Å². The Balaban J connectivity index is 2.21. The molecule has 1 aliphatic rings. The van der Waals surface area contributed by atoms with E-state index < -0.39 is 0 Å². The number of hydrogen-bond acceptors (Lipinski definition) is 4. The highest BCUT2D eigenvalue weighted by atomic mass is 35.5. The first-order valence-corrected chi connectivity index (χ1v) is 6.95. The summed E-state index contributed by atoms with van der Waals surface area (Å²) in [6.45, 7) is 1.30. The quantitative estimate of drug-likeness (QED) is 0.889. The van der Waals surface area contributed by atoms with E-state index in [0.29, 0.717) is 22.9 Å². The number of phenolic OH excluding ortho intramolecular Hbond substituents is 1. The number of benzene rings is 1. The van der Waals surface area contributed by atoms with Crippen LogP contribution in [0.15, 0.2) is 12.1 Å². The van der Waals surface area contributed by atoms with Gasteiger partial charge < -0.3 is 15.2 Å². The molecule has 1 atom stereocenters. The van der Waals surface area contributed by atoms with E-state index in [1.54, 1.807) is 19.2 Å². The van der Waals surface area contributed by atoms with Crippen molar-refractivity contribution in [3.63, 3.8) is 0 Å². The molecule has 0 bridgehead atoms. The number of aromatic hydroxyl groups is 1. The second kappa shape index (κ2) is 6.33. The van der Waals surface area contributed by atoms with Crippen molar-refractivity contribution in [2.75, 3.05) is 20.7 Å². The number of phenols is 1. The first-order valence-electron chi connectivity index (χ1n) is 6.57. The zero-order chi connectivity index (χ0) is 14.7. The molecule has 6 heteroatoms. The molecule has 0 radical (unpaired) electrons. The normalized spacial score (nSPS) is 19.1. The lowest BCUT2D eigenvalue weighted by atomic mass is 10.1. The summed E-state index contributed by atoms with van der Waals surface area (Å²) in [5.41, 5.74) is 0.671. The van der Waals surface area contributed by atoms with E-state index in [1.807, 2.05) is 4.90 Å². The van der Waals surface area contributed by atoms with Crippen LogP contribution in [0, 0.1) is 0 Å². The van der Waals surface area contributed by atoms with Crippen LogP contribution in [-0.2, 0) is 11.3 Å². The van der Waals surface area contributed by atoms with Gasteiger partial charge in [-0.25, -0.2) is 0 Å². The SMILES string of the molecule is CNC(=O)C1CCCN1Cc1cc(Cl)cc(OC)c1O. The van der Waals surface area contributed by atoms with Crippen molar-refractivity contribution in [1.82, 2.24) is 10.2 Å². The molecule has 20 heavy (non-hydrogen) atoms. The number of ether oxygens (including phenoxy) is 1. The fraction of sp³-hybridized carbons (Fsp3) is 0.500. The summed E-state index contributed by atoms with van der Waals surface area (Å²) in [5.74, 6) is 0.443. The monoisotopic (exact) mass is 298 g/mol. The molecular formula is C14H19ClN2O3. The smallest absolute Gasteiger partial charge is 0.237 e. The van der Waals surface area contributed by atoms with Crippen molar-refractivity contribution in [1.29, 1.82) is 0 Å². The van der Waals surface area contributed by atoms with Crippen LogP contribution in [0.1, 0.15) is 18.4 Å². The number of likely N-dealkylation sites (N-methyl/N-ethyl adjacent to an activating group) is 1. The number of nitrogens with one attached hydrogen (secondary N) is 1. The first kappa shape index (κ1) is 14.9. The van der Waals surface area contributed by atoms with Crippen LogP contribution in [0.3, 0.4) is 0 Å². The summed E-state index contributed by atoms with van der Waals surface area (Å²) >= 11 is 6.02. The summed E-state index contributed by atoms with van der Waals surface area (Å²) in [6, 6.07) is 3.13. The molecule has 1 saturated heterocycles.